The highest BCUT2D eigenvalue weighted by molar-refractivity contribution is 9.11. The Hall–Kier alpha value is -0.910. The Labute approximate surface area is 129 Å². The molecule has 1 aromatic carbocycles. The number of aromatic hydroxyl groups is 1. The van der Waals surface area contributed by atoms with E-state index in [2.05, 4.69) is 49.1 Å². The van der Waals surface area contributed by atoms with Crippen LogP contribution in [0.25, 0.3) is 0 Å². The molecule has 1 atom stereocenters. The topological polar surface area (TPSA) is 45.1 Å². The molecule has 0 radical (unpaired) electrons. The number of halogens is 2. The molecule has 1 heterocycles. The third kappa shape index (κ3) is 3.78. The van der Waals surface area contributed by atoms with Gasteiger partial charge in [0.25, 0.3) is 0 Å². The van der Waals surface area contributed by atoms with Crippen LogP contribution in [0.2, 0.25) is 0 Å². The second kappa shape index (κ2) is 6.50. The lowest BCUT2D eigenvalue weighted by Gasteiger charge is -2.14. The van der Waals surface area contributed by atoms with Crippen LogP contribution in [0, 0.1) is 0 Å². The van der Waals surface area contributed by atoms with Crippen LogP contribution in [-0.4, -0.2) is 10.1 Å². The van der Waals surface area contributed by atoms with Crippen molar-refractivity contribution in [2.24, 2.45) is 0 Å². The van der Waals surface area contributed by atoms with Crippen molar-refractivity contribution in [3.63, 3.8) is 0 Å². The van der Waals surface area contributed by atoms with E-state index in [9.17, 15) is 5.11 Å². The molecule has 0 saturated carbocycles. The van der Waals surface area contributed by atoms with E-state index in [0.29, 0.717) is 15.5 Å². The van der Waals surface area contributed by atoms with Gasteiger partial charge in [0.1, 0.15) is 5.75 Å². The molecule has 5 heteroatoms. The van der Waals surface area contributed by atoms with Crippen LogP contribution in [-0.2, 0) is 6.54 Å². The Kier molecular flexibility index (Phi) is 4.96. The maximum Gasteiger partial charge on any atom is 0.143 e. The highest BCUT2D eigenvalue weighted by Gasteiger charge is 2.08. The fourth-order valence-corrected chi connectivity index (χ4v) is 3.01. The SMILES string of the molecule is CC(NCc1cc(Br)c(O)c(Br)c1)c1ccccn1. The summed E-state index contributed by atoms with van der Waals surface area (Å²) in [6.07, 6.45) is 1.79. The molecule has 2 N–H and O–H groups in total. The number of hydrogen-bond acceptors (Lipinski definition) is 3. The minimum atomic E-state index is 0.174. The first-order valence-electron chi connectivity index (χ1n) is 5.89. The van der Waals surface area contributed by atoms with E-state index in [1.54, 1.807) is 6.20 Å². The van der Waals surface area contributed by atoms with E-state index < -0.39 is 0 Å². The van der Waals surface area contributed by atoms with E-state index >= 15 is 0 Å². The summed E-state index contributed by atoms with van der Waals surface area (Å²) in [7, 11) is 0. The molecule has 3 nitrogen and oxygen atoms in total. The van der Waals surface area contributed by atoms with E-state index in [1.807, 2.05) is 30.3 Å². The fourth-order valence-electron chi connectivity index (χ4n) is 1.73. The summed E-state index contributed by atoms with van der Waals surface area (Å²) in [5.74, 6) is 0.224. The molecule has 100 valence electrons. The zero-order valence-corrected chi connectivity index (χ0v) is 13.6. The number of aromatic nitrogens is 1. The number of nitrogens with one attached hydrogen (secondary N) is 1. The lowest BCUT2D eigenvalue weighted by atomic mass is 10.1. The van der Waals surface area contributed by atoms with Crippen molar-refractivity contribution in [3.8, 4) is 5.75 Å². The van der Waals surface area contributed by atoms with Crippen LogP contribution in [0.5, 0.6) is 5.75 Å². The van der Waals surface area contributed by atoms with Crippen molar-refractivity contribution in [1.29, 1.82) is 0 Å². The van der Waals surface area contributed by atoms with Gasteiger partial charge >= 0.3 is 0 Å². The van der Waals surface area contributed by atoms with Gasteiger partial charge in [-0.05, 0) is 68.6 Å². The van der Waals surface area contributed by atoms with Crippen molar-refractivity contribution >= 4 is 31.9 Å². The van der Waals surface area contributed by atoms with Crippen molar-refractivity contribution < 1.29 is 5.11 Å². The molecule has 1 unspecified atom stereocenters. The minimum Gasteiger partial charge on any atom is -0.506 e. The smallest absolute Gasteiger partial charge is 0.143 e. The lowest BCUT2D eigenvalue weighted by Crippen LogP contribution is -2.18. The van der Waals surface area contributed by atoms with Crippen LogP contribution in [0.4, 0.5) is 0 Å². The molecule has 2 rings (SSSR count). The van der Waals surface area contributed by atoms with Gasteiger partial charge in [-0.15, -0.1) is 0 Å². The second-order valence-corrected chi connectivity index (χ2v) is 5.97. The summed E-state index contributed by atoms with van der Waals surface area (Å²) in [6, 6.07) is 9.86. The first kappa shape index (κ1) is 14.5. The molecule has 0 fully saturated rings. The third-order valence-corrected chi connectivity index (χ3v) is 4.03. The second-order valence-electron chi connectivity index (χ2n) is 4.27. The fraction of sp³-hybridized carbons (Fsp3) is 0.214. The minimum absolute atomic E-state index is 0.174. The first-order chi connectivity index (χ1) is 9.08. The Bertz CT molecular complexity index is 538. The summed E-state index contributed by atoms with van der Waals surface area (Å²) in [5, 5.41) is 13.1. The van der Waals surface area contributed by atoms with Gasteiger partial charge in [-0.3, -0.25) is 4.98 Å². The number of rotatable bonds is 4. The van der Waals surface area contributed by atoms with Gasteiger partial charge in [-0.1, -0.05) is 6.07 Å². The van der Waals surface area contributed by atoms with Gasteiger partial charge in [0.2, 0.25) is 0 Å². The Morgan fingerprint density at radius 3 is 2.53 bits per heavy atom. The molecule has 19 heavy (non-hydrogen) atoms. The van der Waals surface area contributed by atoms with Crippen LogP contribution >= 0.6 is 31.9 Å². The standard InChI is InChI=1S/C14H14Br2N2O/c1-9(13-4-2-3-5-17-13)18-8-10-6-11(15)14(19)12(16)7-10/h2-7,9,18-19H,8H2,1H3. The van der Waals surface area contributed by atoms with Crippen molar-refractivity contribution in [3.05, 3.63) is 56.7 Å². The number of benzene rings is 1. The van der Waals surface area contributed by atoms with E-state index in [4.69, 9.17) is 0 Å². The van der Waals surface area contributed by atoms with Crippen LogP contribution in [0.3, 0.4) is 0 Å². The molecule has 2 aromatic rings. The number of phenolic OH excluding ortho intramolecular Hbond substituents is 1. The van der Waals surface area contributed by atoms with Gasteiger partial charge in [0.05, 0.1) is 14.6 Å². The monoisotopic (exact) mass is 384 g/mol. The summed E-state index contributed by atoms with van der Waals surface area (Å²) >= 11 is 6.66. The average Bonchev–Trinajstić information content (AvgIpc) is 2.43. The zero-order valence-electron chi connectivity index (χ0n) is 10.4. The number of nitrogens with zero attached hydrogens (tertiary/aromatic N) is 1. The van der Waals surface area contributed by atoms with Gasteiger partial charge in [-0.25, -0.2) is 0 Å². The van der Waals surface area contributed by atoms with Gasteiger partial charge < -0.3 is 10.4 Å². The van der Waals surface area contributed by atoms with Gasteiger partial charge in [0.15, 0.2) is 0 Å². The van der Waals surface area contributed by atoms with Crippen molar-refractivity contribution in [2.75, 3.05) is 0 Å². The molecule has 0 amide bonds. The molecular weight excluding hydrogens is 372 g/mol. The van der Waals surface area contributed by atoms with Crippen LogP contribution < -0.4 is 5.32 Å². The average molecular weight is 386 g/mol. The molecule has 0 spiro atoms. The normalized spacial score (nSPS) is 12.4. The third-order valence-electron chi connectivity index (χ3n) is 2.82. The summed E-state index contributed by atoms with van der Waals surface area (Å²) in [6.45, 7) is 2.78. The Balaban J connectivity index is 2.03. The first-order valence-corrected chi connectivity index (χ1v) is 7.47. The quantitative estimate of drug-likeness (QED) is 0.830. The Morgan fingerprint density at radius 2 is 1.95 bits per heavy atom. The molecule has 0 aliphatic carbocycles. The maximum absolute atomic E-state index is 9.66. The highest BCUT2D eigenvalue weighted by atomic mass is 79.9. The number of phenols is 1. The molecule has 0 aliphatic heterocycles. The largest absolute Gasteiger partial charge is 0.506 e. The molecular formula is C14H14Br2N2O. The number of hydrogen-bond donors (Lipinski definition) is 2. The van der Waals surface area contributed by atoms with E-state index in [-0.39, 0.29) is 11.8 Å². The summed E-state index contributed by atoms with van der Waals surface area (Å²) in [4.78, 5) is 4.32. The summed E-state index contributed by atoms with van der Waals surface area (Å²) < 4.78 is 1.37. The lowest BCUT2D eigenvalue weighted by molar-refractivity contribution is 0.467. The number of pyridine rings is 1. The van der Waals surface area contributed by atoms with E-state index in [1.165, 1.54) is 0 Å². The van der Waals surface area contributed by atoms with E-state index in [0.717, 1.165) is 11.3 Å². The molecule has 1 aromatic heterocycles. The molecule has 0 bridgehead atoms. The van der Waals surface area contributed by atoms with Crippen LogP contribution in [0.15, 0.2) is 45.5 Å². The van der Waals surface area contributed by atoms with Gasteiger partial charge in [-0.2, -0.15) is 0 Å². The summed E-state index contributed by atoms with van der Waals surface area (Å²) in [5.41, 5.74) is 2.10. The van der Waals surface area contributed by atoms with Crippen molar-refractivity contribution in [2.45, 2.75) is 19.5 Å². The van der Waals surface area contributed by atoms with Crippen LogP contribution in [0.1, 0.15) is 24.2 Å². The predicted molar refractivity (Wildman–Crippen MR) is 83.0 cm³/mol. The molecule has 0 aliphatic rings. The maximum atomic E-state index is 9.66. The Morgan fingerprint density at radius 1 is 1.26 bits per heavy atom. The molecule has 0 saturated heterocycles. The zero-order chi connectivity index (χ0) is 13.8. The predicted octanol–water partition coefficient (Wildman–Crippen LogP) is 4.16. The van der Waals surface area contributed by atoms with Crippen molar-refractivity contribution in [1.82, 2.24) is 10.3 Å². The van der Waals surface area contributed by atoms with Gasteiger partial charge in [0, 0.05) is 18.8 Å². The highest BCUT2D eigenvalue weighted by Crippen LogP contribution is 2.33.